The lowest BCUT2D eigenvalue weighted by atomic mass is 10.0. The highest BCUT2D eigenvalue weighted by Gasteiger charge is 2.32. The minimum Gasteiger partial charge on any atom is -0.486 e. The first-order chi connectivity index (χ1) is 11.5. The van der Waals surface area contributed by atoms with Crippen LogP contribution in [0.25, 0.3) is 10.9 Å². The smallest absolute Gasteiger partial charge is 0.222 e. The van der Waals surface area contributed by atoms with Crippen LogP contribution in [0.5, 0.6) is 11.5 Å². The fourth-order valence-corrected chi connectivity index (χ4v) is 2.81. The molecule has 1 aromatic carbocycles. The summed E-state index contributed by atoms with van der Waals surface area (Å²) >= 11 is 0. The predicted molar refractivity (Wildman–Crippen MR) is 98.3 cm³/mol. The molecular weight excluding hydrogens is 344 g/mol. The number of nitrogens with one attached hydrogen (secondary N) is 2. The fourth-order valence-electron chi connectivity index (χ4n) is 2.81. The van der Waals surface area contributed by atoms with Gasteiger partial charge in [0.05, 0.1) is 12.2 Å². The van der Waals surface area contributed by atoms with Gasteiger partial charge in [-0.15, -0.1) is 12.4 Å². The molecular formula is C17H25ClN4O3. The number of nitrogens with zero attached hydrogens (tertiary/aromatic N) is 1. The van der Waals surface area contributed by atoms with Gasteiger partial charge in [-0.05, 0) is 25.5 Å². The zero-order valence-electron chi connectivity index (χ0n) is 14.6. The summed E-state index contributed by atoms with van der Waals surface area (Å²) in [6.07, 6.45) is 2.05. The summed E-state index contributed by atoms with van der Waals surface area (Å²) in [5.74, 6) is 1.19. The van der Waals surface area contributed by atoms with Crippen molar-refractivity contribution in [3.8, 4) is 11.5 Å². The largest absolute Gasteiger partial charge is 0.486 e. The summed E-state index contributed by atoms with van der Waals surface area (Å²) in [5.41, 5.74) is 6.75. The molecule has 1 aliphatic rings. The quantitative estimate of drug-likeness (QED) is 0.749. The molecule has 0 aliphatic carbocycles. The number of aromatic amines is 1. The SMILES string of the molecule is CC(C)C(=O)NC(C[C@H](C)N)[C@H]1COc2ccc3cn[nH]c3c2O1.Cl. The topological polar surface area (TPSA) is 102 Å². The van der Waals surface area contributed by atoms with Crippen molar-refractivity contribution in [1.82, 2.24) is 15.5 Å². The normalized spacial score (nSPS) is 18.5. The van der Waals surface area contributed by atoms with Crippen LogP contribution in [0.3, 0.4) is 0 Å². The van der Waals surface area contributed by atoms with Gasteiger partial charge in [0, 0.05) is 17.3 Å². The maximum atomic E-state index is 12.1. The zero-order chi connectivity index (χ0) is 17.3. The Morgan fingerprint density at radius 3 is 2.88 bits per heavy atom. The molecule has 0 radical (unpaired) electrons. The maximum absolute atomic E-state index is 12.1. The van der Waals surface area contributed by atoms with E-state index < -0.39 is 0 Å². The van der Waals surface area contributed by atoms with Gasteiger partial charge in [-0.1, -0.05) is 13.8 Å². The molecule has 138 valence electrons. The minimum atomic E-state index is -0.305. The van der Waals surface area contributed by atoms with Crippen LogP contribution >= 0.6 is 12.4 Å². The number of benzene rings is 1. The van der Waals surface area contributed by atoms with E-state index in [-0.39, 0.29) is 42.4 Å². The molecule has 1 aliphatic heterocycles. The number of fused-ring (bicyclic) bond motifs is 3. The Morgan fingerprint density at radius 2 is 2.20 bits per heavy atom. The van der Waals surface area contributed by atoms with Crippen molar-refractivity contribution >= 4 is 29.2 Å². The van der Waals surface area contributed by atoms with Crippen molar-refractivity contribution in [2.24, 2.45) is 11.7 Å². The van der Waals surface area contributed by atoms with Gasteiger partial charge < -0.3 is 20.5 Å². The molecule has 25 heavy (non-hydrogen) atoms. The second kappa shape index (κ2) is 7.93. The number of halogens is 1. The molecule has 0 fully saturated rings. The van der Waals surface area contributed by atoms with Crippen LogP contribution in [-0.2, 0) is 4.79 Å². The number of nitrogens with two attached hydrogens (primary N) is 1. The molecule has 2 heterocycles. The second-order valence-electron chi connectivity index (χ2n) is 6.68. The molecule has 4 N–H and O–H groups in total. The summed E-state index contributed by atoms with van der Waals surface area (Å²) in [6, 6.07) is 3.53. The Hall–Kier alpha value is -1.99. The van der Waals surface area contributed by atoms with Gasteiger partial charge in [0.2, 0.25) is 5.91 Å². The summed E-state index contributed by atoms with van der Waals surface area (Å²) in [4.78, 5) is 12.1. The van der Waals surface area contributed by atoms with E-state index in [9.17, 15) is 4.79 Å². The predicted octanol–water partition coefficient (Wildman–Crippen LogP) is 2.00. The van der Waals surface area contributed by atoms with E-state index in [0.29, 0.717) is 24.5 Å². The van der Waals surface area contributed by atoms with Gasteiger partial charge in [-0.25, -0.2) is 0 Å². The molecule has 8 heteroatoms. The third kappa shape index (κ3) is 4.16. The van der Waals surface area contributed by atoms with Gasteiger partial charge >= 0.3 is 0 Å². The number of ether oxygens (including phenoxy) is 2. The van der Waals surface area contributed by atoms with Gasteiger partial charge in [0.1, 0.15) is 12.1 Å². The van der Waals surface area contributed by atoms with Crippen LogP contribution in [0, 0.1) is 5.92 Å². The summed E-state index contributed by atoms with van der Waals surface area (Å²) in [7, 11) is 0. The van der Waals surface area contributed by atoms with Crippen molar-refractivity contribution in [3.63, 3.8) is 0 Å². The molecule has 0 saturated carbocycles. The summed E-state index contributed by atoms with van der Waals surface area (Å²) in [5, 5.41) is 11.0. The number of hydrogen-bond acceptors (Lipinski definition) is 5. The number of carbonyl (C=O) groups excluding carboxylic acids is 1. The highest BCUT2D eigenvalue weighted by atomic mass is 35.5. The highest BCUT2D eigenvalue weighted by molar-refractivity contribution is 5.87. The second-order valence-corrected chi connectivity index (χ2v) is 6.68. The fraction of sp³-hybridized carbons (Fsp3) is 0.529. The lowest BCUT2D eigenvalue weighted by molar-refractivity contribution is -0.125. The van der Waals surface area contributed by atoms with Gasteiger partial charge in [-0.3, -0.25) is 9.89 Å². The van der Waals surface area contributed by atoms with E-state index in [0.717, 1.165) is 10.9 Å². The monoisotopic (exact) mass is 368 g/mol. The van der Waals surface area contributed by atoms with Crippen LogP contribution in [-0.4, -0.2) is 40.9 Å². The van der Waals surface area contributed by atoms with Crippen LogP contribution in [0.2, 0.25) is 0 Å². The Balaban J connectivity index is 0.00000225. The zero-order valence-corrected chi connectivity index (χ0v) is 15.4. The van der Waals surface area contributed by atoms with E-state index in [1.165, 1.54) is 0 Å². The first-order valence-corrected chi connectivity index (χ1v) is 8.27. The number of hydrogen-bond donors (Lipinski definition) is 3. The van der Waals surface area contributed by atoms with Crippen LogP contribution in [0.15, 0.2) is 18.3 Å². The number of rotatable bonds is 5. The summed E-state index contributed by atoms with van der Waals surface area (Å²) < 4.78 is 12.0. The number of carbonyl (C=O) groups is 1. The molecule has 1 unspecified atom stereocenters. The summed E-state index contributed by atoms with van der Waals surface area (Å²) in [6.45, 7) is 6.00. The molecule has 3 rings (SSSR count). The standard InChI is InChI=1S/C17H24N4O3.ClH/c1-9(2)17(22)20-12(6-10(3)18)14-8-23-13-5-4-11-7-19-21-15(11)16(13)24-14;/h4-5,7,9-10,12,14H,6,8,18H2,1-3H3,(H,19,21)(H,20,22);1H/t10-,12?,14+;/m0./s1. The highest BCUT2D eigenvalue weighted by Crippen LogP contribution is 2.38. The van der Waals surface area contributed by atoms with Crippen molar-refractivity contribution < 1.29 is 14.3 Å². The molecule has 1 amide bonds. The van der Waals surface area contributed by atoms with Crippen molar-refractivity contribution in [1.29, 1.82) is 0 Å². The first-order valence-electron chi connectivity index (χ1n) is 8.27. The van der Waals surface area contributed by atoms with E-state index in [2.05, 4.69) is 15.5 Å². The minimum absolute atomic E-state index is 0. The van der Waals surface area contributed by atoms with Crippen LogP contribution in [0.1, 0.15) is 27.2 Å². The third-order valence-corrected chi connectivity index (χ3v) is 4.13. The number of amides is 1. The Bertz CT molecular complexity index is 732. The lowest BCUT2D eigenvalue weighted by Gasteiger charge is -2.34. The molecule has 0 spiro atoms. The third-order valence-electron chi connectivity index (χ3n) is 4.13. The number of H-pyrrole nitrogens is 1. The Morgan fingerprint density at radius 1 is 1.44 bits per heavy atom. The van der Waals surface area contributed by atoms with Gasteiger partial charge in [0.25, 0.3) is 0 Å². The van der Waals surface area contributed by atoms with Crippen molar-refractivity contribution in [2.45, 2.75) is 45.4 Å². The Kier molecular flexibility index (Phi) is 6.13. The molecule has 0 bridgehead atoms. The van der Waals surface area contributed by atoms with E-state index in [1.807, 2.05) is 32.9 Å². The van der Waals surface area contributed by atoms with E-state index >= 15 is 0 Å². The Labute approximate surface area is 153 Å². The molecule has 1 aromatic heterocycles. The first kappa shape index (κ1) is 19.3. The molecule has 7 nitrogen and oxygen atoms in total. The van der Waals surface area contributed by atoms with Crippen molar-refractivity contribution in [2.75, 3.05) is 6.61 Å². The lowest BCUT2D eigenvalue weighted by Crippen LogP contribution is -2.52. The average Bonchev–Trinajstić information content (AvgIpc) is 3.02. The molecule has 2 aromatic rings. The average molecular weight is 369 g/mol. The van der Waals surface area contributed by atoms with E-state index in [1.54, 1.807) is 6.20 Å². The van der Waals surface area contributed by atoms with Crippen LogP contribution < -0.4 is 20.5 Å². The van der Waals surface area contributed by atoms with Crippen LogP contribution in [0.4, 0.5) is 0 Å². The van der Waals surface area contributed by atoms with Crippen molar-refractivity contribution in [3.05, 3.63) is 18.3 Å². The van der Waals surface area contributed by atoms with Gasteiger partial charge in [-0.2, -0.15) is 5.10 Å². The molecule has 3 atom stereocenters. The molecule has 0 saturated heterocycles. The van der Waals surface area contributed by atoms with E-state index in [4.69, 9.17) is 15.2 Å². The maximum Gasteiger partial charge on any atom is 0.222 e. The van der Waals surface area contributed by atoms with Gasteiger partial charge in [0.15, 0.2) is 17.6 Å². The number of aromatic nitrogens is 2.